The summed E-state index contributed by atoms with van der Waals surface area (Å²) in [5.41, 5.74) is 0.787. The Bertz CT molecular complexity index is 682. The maximum Gasteiger partial charge on any atom is 0.257 e. The van der Waals surface area contributed by atoms with Crippen LogP contribution < -0.4 is 5.56 Å². The molecule has 3 rings (SSSR count). The maximum atomic E-state index is 11.5. The van der Waals surface area contributed by atoms with Crippen LogP contribution >= 0.6 is 0 Å². The van der Waals surface area contributed by atoms with Crippen LogP contribution in [0.4, 0.5) is 0 Å². The van der Waals surface area contributed by atoms with Crippen molar-refractivity contribution < 1.29 is 0 Å². The number of H-pyrrole nitrogens is 1. The largest absolute Gasteiger partial charge is 0.328 e. The lowest BCUT2D eigenvalue weighted by Crippen LogP contribution is -2.04. The van der Waals surface area contributed by atoms with Gasteiger partial charge in [0.15, 0.2) is 0 Å². The number of fused-ring (bicyclic) bond motifs is 1. The number of aromatic nitrogens is 3. The molecule has 4 nitrogen and oxygen atoms in total. The van der Waals surface area contributed by atoms with Gasteiger partial charge < -0.3 is 9.55 Å². The first kappa shape index (κ1) is 8.91. The van der Waals surface area contributed by atoms with Gasteiger partial charge in [-0.15, -0.1) is 0 Å². The zero-order valence-corrected chi connectivity index (χ0v) is 8.42. The average Bonchev–Trinajstić information content (AvgIpc) is 2.75. The van der Waals surface area contributed by atoms with Crippen molar-refractivity contribution in [3.05, 3.63) is 59.3 Å². The number of hydrogen-bond donors (Lipinski definition) is 1. The molecule has 0 radical (unpaired) electrons. The average molecular weight is 211 g/mol. The molecule has 0 fully saturated rings. The van der Waals surface area contributed by atoms with Crippen LogP contribution in [-0.4, -0.2) is 14.5 Å². The Labute approximate surface area is 91.2 Å². The first-order valence-corrected chi connectivity index (χ1v) is 4.96. The van der Waals surface area contributed by atoms with Gasteiger partial charge >= 0.3 is 0 Å². The van der Waals surface area contributed by atoms with E-state index < -0.39 is 0 Å². The van der Waals surface area contributed by atoms with Gasteiger partial charge in [0.25, 0.3) is 5.56 Å². The van der Waals surface area contributed by atoms with Crippen LogP contribution in [0.5, 0.6) is 0 Å². The molecule has 3 aromatic rings. The molecule has 0 amide bonds. The maximum absolute atomic E-state index is 11.5. The first-order chi connectivity index (χ1) is 7.86. The number of nitrogens with zero attached hydrogens (tertiary/aromatic N) is 2. The Hall–Kier alpha value is -2.36. The third kappa shape index (κ3) is 1.24. The molecule has 0 atom stereocenters. The van der Waals surface area contributed by atoms with Gasteiger partial charge in [0.1, 0.15) is 5.82 Å². The molecule has 3 aromatic heterocycles. The summed E-state index contributed by atoms with van der Waals surface area (Å²) in [5.74, 6) is 0.808. The third-order valence-electron chi connectivity index (χ3n) is 2.52. The van der Waals surface area contributed by atoms with Gasteiger partial charge in [-0.2, -0.15) is 0 Å². The predicted molar refractivity (Wildman–Crippen MR) is 61.7 cm³/mol. The van der Waals surface area contributed by atoms with Crippen LogP contribution in [0.2, 0.25) is 0 Å². The van der Waals surface area contributed by atoms with Gasteiger partial charge in [0.2, 0.25) is 0 Å². The van der Waals surface area contributed by atoms with E-state index in [1.165, 1.54) is 0 Å². The molecule has 0 unspecified atom stereocenters. The van der Waals surface area contributed by atoms with Gasteiger partial charge in [0.05, 0.1) is 10.9 Å². The minimum Gasteiger partial charge on any atom is -0.328 e. The fraction of sp³-hybridized carbons (Fsp3) is 0. The van der Waals surface area contributed by atoms with Crippen LogP contribution in [0.3, 0.4) is 0 Å². The highest BCUT2D eigenvalue weighted by Crippen LogP contribution is 2.14. The zero-order valence-electron chi connectivity index (χ0n) is 8.42. The van der Waals surface area contributed by atoms with E-state index in [-0.39, 0.29) is 5.56 Å². The molecule has 0 aromatic carbocycles. The predicted octanol–water partition coefficient (Wildman–Crippen LogP) is 1.71. The SMILES string of the molecule is O=c1[nH]ccc2c1ccn2-c1ccccn1. The monoisotopic (exact) mass is 211 g/mol. The summed E-state index contributed by atoms with van der Waals surface area (Å²) in [5, 5.41) is 0.674. The van der Waals surface area contributed by atoms with Crippen molar-refractivity contribution >= 4 is 10.9 Å². The molecule has 0 aliphatic rings. The lowest BCUT2D eigenvalue weighted by Gasteiger charge is -2.02. The molecule has 1 N–H and O–H groups in total. The molecule has 0 aliphatic heterocycles. The highest BCUT2D eigenvalue weighted by Gasteiger charge is 2.05. The van der Waals surface area contributed by atoms with E-state index in [0.717, 1.165) is 11.3 Å². The van der Waals surface area contributed by atoms with Crippen molar-refractivity contribution in [2.75, 3.05) is 0 Å². The van der Waals surface area contributed by atoms with Crippen LogP contribution in [-0.2, 0) is 0 Å². The normalized spacial score (nSPS) is 10.8. The minimum atomic E-state index is -0.0767. The van der Waals surface area contributed by atoms with Gasteiger partial charge in [-0.3, -0.25) is 4.79 Å². The molecule has 0 bridgehead atoms. The van der Waals surface area contributed by atoms with Crippen LogP contribution in [0, 0.1) is 0 Å². The summed E-state index contributed by atoms with van der Waals surface area (Å²) < 4.78 is 1.89. The molecule has 0 saturated carbocycles. The van der Waals surface area contributed by atoms with Gasteiger partial charge in [0, 0.05) is 18.6 Å². The Kier molecular flexibility index (Phi) is 1.86. The van der Waals surface area contributed by atoms with E-state index in [4.69, 9.17) is 0 Å². The van der Waals surface area contributed by atoms with Crippen LogP contribution in [0.25, 0.3) is 16.7 Å². The van der Waals surface area contributed by atoms with Crippen molar-refractivity contribution in [2.45, 2.75) is 0 Å². The fourth-order valence-electron chi connectivity index (χ4n) is 1.78. The molecule has 0 aliphatic carbocycles. The molecule has 4 heteroatoms. The van der Waals surface area contributed by atoms with E-state index in [1.54, 1.807) is 18.5 Å². The van der Waals surface area contributed by atoms with Crippen molar-refractivity contribution in [1.82, 2.24) is 14.5 Å². The number of rotatable bonds is 1. The standard InChI is InChI=1S/C12H9N3O/c16-12-9-5-8-15(10(9)4-7-14-12)11-3-1-2-6-13-11/h1-8H,(H,14,16). The van der Waals surface area contributed by atoms with Crippen LogP contribution in [0.15, 0.2) is 53.7 Å². The van der Waals surface area contributed by atoms with E-state index in [2.05, 4.69) is 9.97 Å². The van der Waals surface area contributed by atoms with E-state index in [1.807, 2.05) is 35.0 Å². The second-order valence-electron chi connectivity index (χ2n) is 3.48. The number of pyridine rings is 2. The smallest absolute Gasteiger partial charge is 0.257 e. The van der Waals surface area contributed by atoms with Gasteiger partial charge in [-0.1, -0.05) is 6.07 Å². The summed E-state index contributed by atoms with van der Waals surface area (Å²) in [4.78, 5) is 18.4. The summed E-state index contributed by atoms with van der Waals surface area (Å²) >= 11 is 0. The third-order valence-corrected chi connectivity index (χ3v) is 2.52. The second-order valence-corrected chi connectivity index (χ2v) is 3.48. The molecule has 78 valence electrons. The Balaban J connectivity index is 2.34. The molecule has 16 heavy (non-hydrogen) atoms. The lowest BCUT2D eigenvalue weighted by atomic mass is 10.3. The second kappa shape index (κ2) is 3.34. The number of hydrogen-bond acceptors (Lipinski definition) is 2. The Morgan fingerprint density at radius 2 is 2.12 bits per heavy atom. The first-order valence-electron chi connectivity index (χ1n) is 4.96. The summed E-state index contributed by atoms with van der Waals surface area (Å²) in [6.07, 6.45) is 5.22. The molecular weight excluding hydrogens is 202 g/mol. The van der Waals surface area contributed by atoms with E-state index in [0.29, 0.717) is 5.39 Å². The van der Waals surface area contributed by atoms with E-state index >= 15 is 0 Å². The highest BCUT2D eigenvalue weighted by atomic mass is 16.1. The zero-order chi connectivity index (χ0) is 11.0. The van der Waals surface area contributed by atoms with Crippen LogP contribution in [0.1, 0.15) is 0 Å². The van der Waals surface area contributed by atoms with Crippen molar-refractivity contribution in [1.29, 1.82) is 0 Å². The summed E-state index contributed by atoms with van der Waals surface area (Å²) in [6.45, 7) is 0. The number of nitrogens with one attached hydrogen (secondary N) is 1. The van der Waals surface area contributed by atoms with Gasteiger partial charge in [-0.05, 0) is 24.3 Å². The molecule has 0 saturated heterocycles. The fourth-order valence-corrected chi connectivity index (χ4v) is 1.78. The van der Waals surface area contributed by atoms with Gasteiger partial charge in [-0.25, -0.2) is 4.98 Å². The van der Waals surface area contributed by atoms with Crippen molar-refractivity contribution in [2.24, 2.45) is 0 Å². The van der Waals surface area contributed by atoms with E-state index in [9.17, 15) is 4.79 Å². The number of aromatic amines is 1. The topological polar surface area (TPSA) is 50.7 Å². The molecule has 0 spiro atoms. The summed E-state index contributed by atoms with van der Waals surface area (Å²) in [7, 11) is 0. The Morgan fingerprint density at radius 1 is 1.19 bits per heavy atom. The molecule has 3 heterocycles. The molecular formula is C12H9N3O. The minimum absolute atomic E-state index is 0.0767. The Morgan fingerprint density at radius 3 is 2.94 bits per heavy atom. The van der Waals surface area contributed by atoms with Crippen molar-refractivity contribution in [3.63, 3.8) is 0 Å². The quantitative estimate of drug-likeness (QED) is 0.666. The lowest BCUT2D eigenvalue weighted by molar-refractivity contribution is 1.04. The summed E-state index contributed by atoms with van der Waals surface area (Å²) in [6, 6.07) is 9.35. The van der Waals surface area contributed by atoms with Crippen molar-refractivity contribution in [3.8, 4) is 5.82 Å². The highest BCUT2D eigenvalue weighted by molar-refractivity contribution is 5.80.